The van der Waals surface area contributed by atoms with Gasteiger partial charge in [-0.15, -0.1) is 0 Å². The molecule has 1 fully saturated rings. The zero-order chi connectivity index (χ0) is 15.3. The van der Waals surface area contributed by atoms with Gasteiger partial charge in [-0.25, -0.2) is 8.42 Å². The first-order chi connectivity index (χ1) is 10.0. The fourth-order valence-electron chi connectivity index (χ4n) is 2.52. The average Bonchev–Trinajstić information content (AvgIpc) is 2.48. The maximum atomic E-state index is 12.1. The summed E-state index contributed by atoms with van der Waals surface area (Å²) in [5, 5.41) is 0. The molecule has 1 atom stereocenters. The summed E-state index contributed by atoms with van der Waals surface area (Å²) in [5.74, 6) is 1.01. The Hall–Kier alpha value is -1.11. The number of hydrogen-bond donors (Lipinski definition) is 0. The van der Waals surface area contributed by atoms with Crippen LogP contribution in [0.4, 0.5) is 0 Å². The van der Waals surface area contributed by atoms with E-state index >= 15 is 0 Å². The average molecular weight is 313 g/mol. The van der Waals surface area contributed by atoms with Crippen molar-refractivity contribution >= 4 is 10.0 Å². The van der Waals surface area contributed by atoms with Crippen LogP contribution in [0.2, 0.25) is 0 Å². The van der Waals surface area contributed by atoms with Crippen LogP contribution in [0.5, 0.6) is 5.75 Å². The third-order valence-corrected chi connectivity index (χ3v) is 5.60. The largest absolute Gasteiger partial charge is 0.497 e. The van der Waals surface area contributed by atoms with Crippen molar-refractivity contribution in [3.8, 4) is 5.75 Å². The molecule has 5 nitrogen and oxygen atoms in total. The lowest BCUT2D eigenvalue weighted by Crippen LogP contribution is -2.47. The van der Waals surface area contributed by atoms with Crippen LogP contribution in [0, 0.1) is 0 Å². The van der Waals surface area contributed by atoms with Gasteiger partial charge < -0.3 is 9.47 Å². The third-order valence-electron chi connectivity index (χ3n) is 3.55. The van der Waals surface area contributed by atoms with Crippen LogP contribution in [0.25, 0.3) is 0 Å². The zero-order valence-corrected chi connectivity index (χ0v) is 13.4. The van der Waals surface area contributed by atoms with Crippen LogP contribution in [0.1, 0.15) is 18.9 Å². The van der Waals surface area contributed by atoms with Gasteiger partial charge in [0.25, 0.3) is 0 Å². The molecule has 0 amide bonds. The fraction of sp³-hybridized carbons (Fsp3) is 0.600. The number of hydrogen-bond acceptors (Lipinski definition) is 4. The molecule has 0 unspecified atom stereocenters. The minimum Gasteiger partial charge on any atom is -0.497 e. The van der Waals surface area contributed by atoms with E-state index in [-0.39, 0.29) is 11.9 Å². The Morgan fingerprint density at radius 2 is 2.24 bits per heavy atom. The quantitative estimate of drug-likeness (QED) is 0.802. The van der Waals surface area contributed by atoms with Gasteiger partial charge in [-0.1, -0.05) is 19.1 Å². The highest BCUT2D eigenvalue weighted by atomic mass is 32.2. The molecule has 0 bridgehead atoms. The molecule has 6 heteroatoms. The smallest absolute Gasteiger partial charge is 0.214 e. The monoisotopic (exact) mass is 313 g/mol. The molecule has 21 heavy (non-hydrogen) atoms. The molecule has 1 heterocycles. The molecule has 0 aromatic heterocycles. The van der Waals surface area contributed by atoms with Gasteiger partial charge in [-0.2, -0.15) is 4.31 Å². The van der Waals surface area contributed by atoms with Crippen molar-refractivity contribution in [1.29, 1.82) is 0 Å². The highest BCUT2D eigenvalue weighted by molar-refractivity contribution is 7.89. The van der Waals surface area contributed by atoms with E-state index in [9.17, 15) is 8.42 Å². The minimum atomic E-state index is -3.14. The summed E-state index contributed by atoms with van der Waals surface area (Å²) in [7, 11) is -1.51. The summed E-state index contributed by atoms with van der Waals surface area (Å²) >= 11 is 0. The Bertz CT molecular complexity index is 559. The number of rotatable bonds is 6. The van der Waals surface area contributed by atoms with Crippen molar-refractivity contribution in [3.63, 3.8) is 0 Å². The first kappa shape index (κ1) is 16.3. The molecule has 0 N–H and O–H groups in total. The summed E-state index contributed by atoms with van der Waals surface area (Å²) in [6.45, 7) is 3.22. The number of nitrogens with zero attached hydrogens (tertiary/aromatic N) is 1. The van der Waals surface area contributed by atoms with Crippen LogP contribution in [-0.4, -0.2) is 51.4 Å². The fourth-order valence-corrected chi connectivity index (χ4v) is 4.04. The van der Waals surface area contributed by atoms with E-state index in [0.29, 0.717) is 32.5 Å². The Balaban J connectivity index is 2.01. The van der Waals surface area contributed by atoms with Crippen molar-refractivity contribution in [2.24, 2.45) is 0 Å². The number of morpholine rings is 1. The molecular weight excluding hydrogens is 290 g/mol. The molecule has 1 aromatic rings. The SMILES string of the molecule is CCCS(=O)(=O)N1CCO[C@@H](Cc2cccc(OC)c2)C1. The summed E-state index contributed by atoms with van der Waals surface area (Å²) < 4.78 is 36.7. The van der Waals surface area contributed by atoms with Gasteiger partial charge in [-0.3, -0.25) is 0 Å². The van der Waals surface area contributed by atoms with Crippen molar-refractivity contribution in [1.82, 2.24) is 4.31 Å². The number of benzene rings is 1. The second-order valence-electron chi connectivity index (χ2n) is 5.22. The standard InChI is InChI=1S/C15H23NO4S/c1-3-9-21(17,18)16-7-8-20-15(12-16)11-13-5-4-6-14(10-13)19-2/h4-6,10,15H,3,7-9,11-12H2,1-2H3/t15-/m0/s1. The minimum absolute atomic E-state index is 0.0995. The van der Waals surface area contributed by atoms with E-state index in [1.54, 1.807) is 11.4 Å². The highest BCUT2D eigenvalue weighted by Crippen LogP contribution is 2.18. The Kier molecular flexibility index (Phi) is 5.61. The lowest BCUT2D eigenvalue weighted by atomic mass is 10.1. The molecule has 1 aliphatic rings. The summed E-state index contributed by atoms with van der Waals surface area (Å²) in [4.78, 5) is 0. The van der Waals surface area contributed by atoms with E-state index in [4.69, 9.17) is 9.47 Å². The van der Waals surface area contributed by atoms with Gasteiger partial charge in [0.15, 0.2) is 0 Å². The maximum absolute atomic E-state index is 12.1. The van der Waals surface area contributed by atoms with Gasteiger partial charge in [-0.05, 0) is 24.1 Å². The van der Waals surface area contributed by atoms with Crippen molar-refractivity contribution < 1.29 is 17.9 Å². The molecular formula is C15H23NO4S. The molecule has 118 valence electrons. The molecule has 1 aliphatic heterocycles. The lowest BCUT2D eigenvalue weighted by molar-refractivity contribution is -0.000497. The van der Waals surface area contributed by atoms with Crippen molar-refractivity contribution in [2.75, 3.05) is 32.6 Å². The normalized spacial score (nSPS) is 20.4. The van der Waals surface area contributed by atoms with E-state index in [1.807, 2.05) is 31.2 Å². The van der Waals surface area contributed by atoms with E-state index < -0.39 is 10.0 Å². The molecule has 1 saturated heterocycles. The van der Waals surface area contributed by atoms with Gasteiger partial charge >= 0.3 is 0 Å². The second kappa shape index (κ2) is 7.24. The maximum Gasteiger partial charge on any atom is 0.214 e. The van der Waals surface area contributed by atoms with Crippen LogP contribution in [0.15, 0.2) is 24.3 Å². The van der Waals surface area contributed by atoms with E-state index in [2.05, 4.69) is 0 Å². The topological polar surface area (TPSA) is 55.8 Å². The van der Waals surface area contributed by atoms with Gasteiger partial charge in [0.05, 0.1) is 25.6 Å². The van der Waals surface area contributed by atoms with Crippen LogP contribution in [0.3, 0.4) is 0 Å². The highest BCUT2D eigenvalue weighted by Gasteiger charge is 2.28. The Labute approximate surface area is 126 Å². The van der Waals surface area contributed by atoms with Crippen LogP contribution >= 0.6 is 0 Å². The summed E-state index contributed by atoms with van der Waals surface area (Å²) in [6.07, 6.45) is 1.23. The first-order valence-electron chi connectivity index (χ1n) is 7.27. The predicted molar refractivity (Wildman–Crippen MR) is 82.1 cm³/mol. The third kappa shape index (κ3) is 4.43. The van der Waals surface area contributed by atoms with Gasteiger partial charge in [0.1, 0.15) is 5.75 Å². The summed E-state index contributed by atoms with van der Waals surface area (Å²) in [5.41, 5.74) is 1.09. The molecule has 2 rings (SSSR count). The molecule has 0 radical (unpaired) electrons. The van der Waals surface area contributed by atoms with E-state index in [0.717, 1.165) is 11.3 Å². The van der Waals surface area contributed by atoms with Crippen LogP contribution in [-0.2, 0) is 21.2 Å². The molecule has 0 spiro atoms. The van der Waals surface area contributed by atoms with Gasteiger partial charge in [0, 0.05) is 19.5 Å². The Morgan fingerprint density at radius 3 is 2.95 bits per heavy atom. The number of ether oxygens (including phenoxy) is 2. The number of sulfonamides is 1. The Morgan fingerprint density at radius 1 is 1.43 bits per heavy atom. The lowest BCUT2D eigenvalue weighted by Gasteiger charge is -2.32. The molecule has 0 saturated carbocycles. The molecule has 1 aromatic carbocycles. The van der Waals surface area contributed by atoms with E-state index in [1.165, 1.54) is 0 Å². The summed E-state index contributed by atoms with van der Waals surface area (Å²) in [6, 6.07) is 7.79. The molecule has 0 aliphatic carbocycles. The van der Waals surface area contributed by atoms with Crippen molar-refractivity contribution in [3.05, 3.63) is 29.8 Å². The van der Waals surface area contributed by atoms with Gasteiger partial charge in [0.2, 0.25) is 10.0 Å². The van der Waals surface area contributed by atoms with Crippen LogP contribution < -0.4 is 4.74 Å². The van der Waals surface area contributed by atoms with Crippen molar-refractivity contribution in [2.45, 2.75) is 25.9 Å². The second-order valence-corrected chi connectivity index (χ2v) is 7.31. The first-order valence-corrected chi connectivity index (χ1v) is 8.88. The number of methoxy groups -OCH3 is 1. The zero-order valence-electron chi connectivity index (χ0n) is 12.6. The predicted octanol–water partition coefficient (Wildman–Crippen LogP) is 1.68.